The zero-order valence-corrected chi connectivity index (χ0v) is 19.1. The highest BCUT2D eigenvalue weighted by atomic mass is 35.5. The zero-order valence-electron chi connectivity index (χ0n) is 18.4. The lowest BCUT2D eigenvalue weighted by atomic mass is 9.88. The van der Waals surface area contributed by atoms with Gasteiger partial charge < -0.3 is 5.32 Å². The summed E-state index contributed by atoms with van der Waals surface area (Å²) in [5.74, 6) is 1.95. The highest BCUT2D eigenvalue weighted by Gasteiger charge is 2.17. The Labute approximate surface area is 191 Å². The van der Waals surface area contributed by atoms with Crippen LogP contribution in [-0.4, -0.2) is 31.6 Å². The molecule has 0 aliphatic rings. The average molecular weight is 443 g/mol. The zero-order chi connectivity index (χ0) is 22.5. The smallest absolute Gasteiger partial charge is 0.257 e. The Kier molecular flexibility index (Phi) is 4.82. The fraction of sp³-hybridized carbons (Fsp3) is 0.200. The predicted molar refractivity (Wildman–Crippen MR) is 130 cm³/mol. The molecular weight excluding hydrogens is 420 g/mol. The molecule has 7 heteroatoms. The fourth-order valence-electron chi connectivity index (χ4n) is 3.82. The summed E-state index contributed by atoms with van der Waals surface area (Å²) in [6, 6.07) is 18.1. The van der Waals surface area contributed by atoms with E-state index in [0.29, 0.717) is 16.6 Å². The molecular formula is C25H23ClN6. The third kappa shape index (κ3) is 3.46. The lowest BCUT2D eigenvalue weighted by molar-refractivity contribution is 0.587. The number of fused-ring (bicyclic) bond motifs is 3. The lowest BCUT2D eigenvalue weighted by Crippen LogP contribution is -2.11. The van der Waals surface area contributed by atoms with Gasteiger partial charge in [-0.1, -0.05) is 56.6 Å². The van der Waals surface area contributed by atoms with Crippen molar-refractivity contribution < 1.29 is 0 Å². The second-order valence-electron chi connectivity index (χ2n) is 8.79. The number of rotatable bonds is 3. The van der Waals surface area contributed by atoms with Crippen molar-refractivity contribution in [3.63, 3.8) is 0 Å². The van der Waals surface area contributed by atoms with Crippen LogP contribution in [0.25, 0.3) is 39.3 Å². The fourth-order valence-corrected chi connectivity index (χ4v) is 3.99. The van der Waals surface area contributed by atoms with Gasteiger partial charge in [0.05, 0.1) is 11.2 Å². The number of pyridine rings is 1. The van der Waals surface area contributed by atoms with Crippen molar-refractivity contribution in [2.24, 2.45) is 0 Å². The standard InChI is InChI=1S/C25H23ClN6/c1-25(2,3)17-8-11-20(28-14-17)15-6-5-7-16(12-15)23-30-31-24-29-22(27-4)19-10-9-18(26)13-21(19)32(23)24/h5-14H,1-4H3,(H,27,29,31). The Morgan fingerprint density at radius 1 is 0.938 bits per heavy atom. The van der Waals surface area contributed by atoms with Gasteiger partial charge in [-0.3, -0.25) is 9.38 Å². The molecule has 3 aromatic heterocycles. The monoisotopic (exact) mass is 442 g/mol. The van der Waals surface area contributed by atoms with Gasteiger partial charge in [-0.15, -0.1) is 10.2 Å². The van der Waals surface area contributed by atoms with Crippen molar-refractivity contribution >= 4 is 34.1 Å². The number of halogens is 1. The Morgan fingerprint density at radius 3 is 2.47 bits per heavy atom. The van der Waals surface area contributed by atoms with Crippen molar-refractivity contribution in [1.82, 2.24) is 24.6 Å². The first-order valence-electron chi connectivity index (χ1n) is 10.4. The van der Waals surface area contributed by atoms with Crippen molar-refractivity contribution in [2.45, 2.75) is 26.2 Å². The molecule has 1 N–H and O–H groups in total. The first-order valence-corrected chi connectivity index (χ1v) is 10.8. The van der Waals surface area contributed by atoms with E-state index in [1.807, 2.05) is 48.0 Å². The minimum absolute atomic E-state index is 0.0648. The summed E-state index contributed by atoms with van der Waals surface area (Å²) in [7, 11) is 1.84. The van der Waals surface area contributed by atoms with Gasteiger partial charge in [-0.05, 0) is 41.3 Å². The molecule has 0 aliphatic carbocycles. The number of benzene rings is 2. The van der Waals surface area contributed by atoms with E-state index in [0.717, 1.165) is 33.5 Å². The first kappa shape index (κ1) is 20.4. The number of hydrogen-bond donors (Lipinski definition) is 1. The van der Waals surface area contributed by atoms with Crippen LogP contribution in [0.2, 0.25) is 5.02 Å². The Hall–Kier alpha value is -3.51. The van der Waals surface area contributed by atoms with Crippen LogP contribution in [-0.2, 0) is 5.41 Å². The molecule has 0 atom stereocenters. The van der Waals surface area contributed by atoms with Crippen LogP contribution in [0.3, 0.4) is 0 Å². The third-order valence-electron chi connectivity index (χ3n) is 5.60. The van der Waals surface area contributed by atoms with E-state index in [1.54, 1.807) is 0 Å². The van der Waals surface area contributed by atoms with Crippen LogP contribution in [0.4, 0.5) is 5.82 Å². The number of aromatic nitrogens is 5. The van der Waals surface area contributed by atoms with Crippen LogP contribution in [0.1, 0.15) is 26.3 Å². The second kappa shape index (κ2) is 7.57. The topological polar surface area (TPSA) is 68.0 Å². The predicted octanol–water partition coefficient (Wildman–Crippen LogP) is 6.00. The van der Waals surface area contributed by atoms with E-state index in [4.69, 9.17) is 16.6 Å². The molecule has 160 valence electrons. The SMILES string of the molecule is CNc1nc2nnc(-c3cccc(-c4ccc(C(C)(C)C)cn4)c3)n2c2cc(Cl)ccc12. The Morgan fingerprint density at radius 2 is 1.75 bits per heavy atom. The molecule has 5 aromatic rings. The molecule has 3 heterocycles. The van der Waals surface area contributed by atoms with Crippen LogP contribution < -0.4 is 5.32 Å². The van der Waals surface area contributed by atoms with Crippen LogP contribution >= 0.6 is 11.6 Å². The van der Waals surface area contributed by atoms with Gasteiger partial charge >= 0.3 is 0 Å². The molecule has 0 aliphatic heterocycles. The van der Waals surface area contributed by atoms with Gasteiger partial charge in [0, 0.05) is 34.8 Å². The molecule has 0 amide bonds. The normalized spacial score (nSPS) is 11.9. The van der Waals surface area contributed by atoms with E-state index < -0.39 is 0 Å². The molecule has 0 unspecified atom stereocenters. The maximum Gasteiger partial charge on any atom is 0.257 e. The molecule has 0 spiro atoms. The van der Waals surface area contributed by atoms with E-state index in [2.05, 4.69) is 65.5 Å². The number of nitrogens with one attached hydrogen (secondary N) is 1. The largest absolute Gasteiger partial charge is 0.372 e. The first-order chi connectivity index (χ1) is 15.3. The van der Waals surface area contributed by atoms with Gasteiger partial charge in [0.2, 0.25) is 0 Å². The molecule has 2 aromatic carbocycles. The summed E-state index contributed by atoms with van der Waals surface area (Å²) in [6.07, 6.45) is 1.95. The van der Waals surface area contributed by atoms with Gasteiger partial charge in [0.25, 0.3) is 5.78 Å². The number of nitrogens with zero attached hydrogens (tertiary/aromatic N) is 5. The summed E-state index contributed by atoms with van der Waals surface area (Å²) < 4.78 is 1.94. The maximum absolute atomic E-state index is 6.33. The molecule has 0 saturated heterocycles. The molecule has 32 heavy (non-hydrogen) atoms. The van der Waals surface area contributed by atoms with Gasteiger partial charge in [-0.2, -0.15) is 4.98 Å². The van der Waals surface area contributed by atoms with Crippen LogP contribution in [0.15, 0.2) is 60.8 Å². The third-order valence-corrected chi connectivity index (χ3v) is 5.83. The lowest BCUT2D eigenvalue weighted by Gasteiger charge is -2.18. The van der Waals surface area contributed by atoms with Crippen molar-refractivity contribution in [3.8, 4) is 22.6 Å². The summed E-state index contributed by atoms with van der Waals surface area (Å²) >= 11 is 6.33. The van der Waals surface area contributed by atoms with Gasteiger partial charge in [0.15, 0.2) is 5.82 Å². The molecule has 0 bridgehead atoms. The highest BCUT2D eigenvalue weighted by molar-refractivity contribution is 6.31. The summed E-state index contributed by atoms with van der Waals surface area (Å²) in [6.45, 7) is 6.56. The maximum atomic E-state index is 6.33. The van der Waals surface area contributed by atoms with Crippen LogP contribution in [0, 0.1) is 0 Å². The van der Waals surface area contributed by atoms with Gasteiger partial charge in [-0.25, -0.2) is 0 Å². The summed E-state index contributed by atoms with van der Waals surface area (Å²) in [5.41, 5.74) is 5.02. The number of anilines is 1. The minimum Gasteiger partial charge on any atom is -0.372 e. The minimum atomic E-state index is 0.0648. The van der Waals surface area contributed by atoms with Gasteiger partial charge in [0.1, 0.15) is 5.82 Å². The summed E-state index contributed by atoms with van der Waals surface area (Å²) in [5, 5.41) is 13.5. The molecule has 6 nitrogen and oxygen atoms in total. The molecule has 5 rings (SSSR count). The molecule has 0 fully saturated rings. The molecule has 0 radical (unpaired) electrons. The van der Waals surface area contributed by atoms with Crippen molar-refractivity contribution in [3.05, 3.63) is 71.4 Å². The van der Waals surface area contributed by atoms with E-state index in [9.17, 15) is 0 Å². The second-order valence-corrected chi connectivity index (χ2v) is 9.23. The van der Waals surface area contributed by atoms with Crippen molar-refractivity contribution in [2.75, 3.05) is 12.4 Å². The van der Waals surface area contributed by atoms with E-state index in [-0.39, 0.29) is 5.41 Å². The molecule has 0 saturated carbocycles. The summed E-state index contributed by atoms with van der Waals surface area (Å²) in [4.78, 5) is 9.34. The van der Waals surface area contributed by atoms with Crippen LogP contribution in [0.5, 0.6) is 0 Å². The number of hydrogen-bond acceptors (Lipinski definition) is 5. The van der Waals surface area contributed by atoms with E-state index >= 15 is 0 Å². The Balaban J connectivity index is 1.66. The Bertz CT molecular complexity index is 1450. The quantitative estimate of drug-likeness (QED) is 0.371. The highest BCUT2D eigenvalue weighted by Crippen LogP contribution is 2.31. The average Bonchev–Trinajstić information content (AvgIpc) is 3.22. The van der Waals surface area contributed by atoms with E-state index in [1.165, 1.54) is 5.56 Å². The van der Waals surface area contributed by atoms with Crippen molar-refractivity contribution in [1.29, 1.82) is 0 Å².